The summed E-state index contributed by atoms with van der Waals surface area (Å²) in [7, 11) is -3.09. The van der Waals surface area contributed by atoms with E-state index in [1.165, 1.54) is 12.1 Å². The van der Waals surface area contributed by atoms with Crippen molar-refractivity contribution >= 4 is 15.8 Å². The van der Waals surface area contributed by atoms with E-state index in [4.69, 9.17) is 0 Å². The summed E-state index contributed by atoms with van der Waals surface area (Å²) in [5.41, 5.74) is 0.782. The fourth-order valence-electron chi connectivity index (χ4n) is 2.55. The van der Waals surface area contributed by atoms with E-state index in [0.29, 0.717) is 32.1 Å². The molecule has 1 aliphatic rings. The fourth-order valence-corrected chi connectivity index (χ4v) is 3.92. The Morgan fingerprint density at radius 1 is 1.43 bits per heavy atom. The lowest BCUT2D eigenvalue weighted by atomic mass is 10.2. The maximum absolute atomic E-state index is 13.2. The van der Waals surface area contributed by atoms with Crippen LogP contribution in [0.2, 0.25) is 0 Å². The predicted molar refractivity (Wildman–Crippen MR) is 90.7 cm³/mol. The maximum atomic E-state index is 13.2. The molecule has 128 valence electrons. The zero-order valence-corrected chi connectivity index (χ0v) is 14.7. The van der Waals surface area contributed by atoms with E-state index in [9.17, 15) is 12.8 Å². The minimum atomic E-state index is -3.09. The summed E-state index contributed by atoms with van der Waals surface area (Å²) in [6.45, 7) is 7.29. The van der Waals surface area contributed by atoms with E-state index in [-0.39, 0.29) is 11.6 Å². The molecule has 1 heterocycles. The smallest absolute Gasteiger partial charge is 0.194 e. The number of halogens is 1. The molecule has 7 heteroatoms. The van der Waals surface area contributed by atoms with Crippen LogP contribution in [0.25, 0.3) is 0 Å². The number of benzene rings is 1. The Labute approximate surface area is 137 Å². The third-order valence-corrected chi connectivity index (χ3v) is 6.51. The van der Waals surface area contributed by atoms with Crippen LogP contribution in [0.1, 0.15) is 26.3 Å². The monoisotopic (exact) mass is 341 g/mol. The molecule has 5 nitrogen and oxygen atoms in total. The lowest BCUT2D eigenvalue weighted by Gasteiger charge is -2.39. The highest BCUT2D eigenvalue weighted by Gasteiger charge is 2.40. The lowest BCUT2D eigenvalue weighted by Crippen LogP contribution is -2.57. The van der Waals surface area contributed by atoms with E-state index in [2.05, 4.69) is 10.3 Å². The van der Waals surface area contributed by atoms with Crippen molar-refractivity contribution in [2.75, 3.05) is 25.4 Å². The average molecular weight is 341 g/mol. The van der Waals surface area contributed by atoms with Gasteiger partial charge in [-0.3, -0.25) is 0 Å². The molecule has 1 N–H and O–H groups in total. The SMILES string of the molecule is CCNC(=NCc1cccc(F)c1)N1CCS(=O)(=O)C(C)(C)C1. The standard InChI is InChI=1S/C16H24FN3O2S/c1-4-18-15(19-11-13-6-5-7-14(17)10-13)20-8-9-23(21,22)16(2,3)12-20/h5-7,10H,4,8-9,11-12H2,1-3H3,(H,18,19). The molecule has 1 fully saturated rings. The highest BCUT2D eigenvalue weighted by atomic mass is 32.2. The zero-order chi connectivity index (χ0) is 17.1. The summed E-state index contributed by atoms with van der Waals surface area (Å²) in [6, 6.07) is 6.33. The number of hydrogen-bond donors (Lipinski definition) is 1. The Hall–Kier alpha value is -1.63. The van der Waals surface area contributed by atoms with Gasteiger partial charge in [0.05, 0.1) is 17.0 Å². The van der Waals surface area contributed by atoms with E-state index in [1.807, 2.05) is 17.9 Å². The second-order valence-electron chi connectivity index (χ2n) is 6.30. The number of nitrogens with one attached hydrogen (secondary N) is 1. The average Bonchev–Trinajstić information content (AvgIpc) is 2.46. The summed E-state index contributed by atoms with van der Waals surface area (Å²) < 4.78 is 36.7. The van der Waals surface area contributed by atoms with Crippen molar-refractivity contribution in [1.82, 2.24) is 10.2 Å². The largest absolute Gasteiger partial charge is 0.357 e. The summed E-state index contributed by atoms with van der Waals surface area (Å²) in [5, 5.41) is 3.19. The molecule has 2 rings (SSSR count). The van der Waals surface area contributed by atoms with Gasteiger partial charge in [-0.15, -0.1) is 0 Å². The third kappa shape index (κ3) is 4.22. The van der Waals surface area contributed by atoms with Crippen molar-refractivity contribution in [3.8, 4) is 0 Å². The molecular formula is C16H24FN3O2S. The molecule has 0 unspecified atom stereocenters. The molecule has 0 aliphatic carbocycles. The number of aliphatic imine (C=N–C) groups is 1. The van der Waals surface area contributed by atoms with E-state index in [1.54, 1.807) is 19.9 Å². The third-order valence-electron chi connectivity index (χ3n) is 3.98. The van der Waals surface area contributed by atoms with Crippen LogP contribution in [0.3, 0.4) is 0 Å². The van der Waals surface area contributed by atoms with Gasteiger partial charge in [-0.2, -0.15) is 0 Å². The summed E-state index contributed by atoms with van der Waals surface area (Å²) in [4.78, 5) is 6.49. The van der Waals surface area contributed by atoms with Gasteiger partial charge in [-0.05, 0) is 38.5 Å². The normalized spacial score (nSPS) is 20.3. The molecule has 1 aromatic rings. The molecule has 1 saturated heterocycles. The van der Waals surface area contributed by atoms with Gasteiger partial charge in [0.15, 0.2) is 15.8 Å². The zero-order valence-electron chi connectivity index (χ0n) is 13.8. The van der Waals surface area contributed by atoms with Crippen molar-refractivity contribution in [3.05, 3.63) is 35.6 Å². The predicted octanol–water partition coefficient (Wildman–Crippen LogP) is 1.80. The quantitative estimate of drug-likeness (QED) is 0.673. The van der Waals surface area contributed by atoms with Gasteiger partial charge in [0.2, 0.25) is 0 Å². The van der Waals surface area contributed by atoms with Gasteiger partial charge in [0.1, 0.15) is 5.82 Å². The van der Waals surface area contributed by atoms with Crippen LogP contribution < -0.4 is 5.32 Å². The first-order valence-corrected chi connectivity index (χ1v) is 9.40. The van der Waals surface area contributed by atoms with Gasteiger partial charge in [-0.25, -0.2) is 17.8 Å². The first kappa shape index (κ1) is 17.7. The second-order valence-corrected chi connectivity index (χ2v) is 9.04. The van der Waals surface area contributed by atoms with Gasteiger partial charge in [0, 0.05) is 19.6 Å². The van der Waals surface area contributed by atoms with Crippen LogP contribution in [0.4, 0.5) is 4.39 Å². The van der Waals surface area contributed by atoms with Crippen LogP contribution in [-0.2, 0) is 16.4 Å². The Morgan fingerprint density at radius 3 is 2.78 bits per heavy atom. The van der Waals surface area contributed by atoms with E-state index < -0.39 is 14.6 Å². The number of rotatable bonds is 3. The van der Waals surface area contributed by atoms with Gasteiger partial charge < -0.3 is 10.2 Å². The van der Waals surface area contributed by atoms with Crippen molar-refractivity contribution in [3.63, 3.8) is 0 Å². The Morgan fingerprint density at radius 2 is 2.17 bits per heavy atom. The van der Waals surface area contributed by atoms with E-state index >= 15 is 0 Å². The van der Waals surface area contributed by atoms with E-state index in [0.717, 1.165) is 5.56 Å². The van der Waals surface area contributed by atoms with Crippen LogP contribution in [0, 0.1) is 5.82 Å². The Balaban J connectivity index is 2.16. The summed E-state index contributed by atoms with van der Waals surface area (Å²) in [5.74, 6) is 0.498. The number of hydrogen-bond acceptors (Lipinski definition) is 3. The highest BCUT2D eigenvalue weighted by Crippen LogP contribution is 2.23. The minimum absolute atomic E-state index is 0.115. The van der Waals surface area contributed by atoms with Crippen molar-refractivity contribution in [2.24, 2.45) is 4.99 Å². The van der Waals surface area contributed by atoms with Crippen LogP contribution in [-0.4, -0.2) is 49.4 Å². The van der Waals surface area contributed by atoms with Crippen molar-refractivity contribution < 1.29 is 12.8 Å². The van der Waals surface area contributed by atoms with Crippen LogP contribution in [0.5, 0.6) is 0 Å². The molecular weight excluding hydrogens is 317 g/mol. The summed E-state index contributed by atoms with van der Waals surface area (Å²) in [6.07, 6.45) is 0. The Bertz CT molecular complexity index is 686. The number of sulfone groups is 1. The first-order valence-electron chi connectivity index (χ1n) is 7.75. The molecule has 0 radical (unpaired) electrons. The van der Waals surface area contributed by atoms with Crippen molar-refractivity contribution in [1.29, 1.82) is 0 Å². The van der Waals surface area contributed by atoms with Gasteiger partial charge >= 0.3 is 0 Å². The maximum Gasteiger partial charge on any atom is 0.194 e. The molecule has 23 heavy (non-hydrogen) atoms. The lowest BCUT2D eigenvalue weighted by molar-refractivity contribution is 0.353. The minimum Gasteiger partial charge on any atom is -0.357 e. The summed E-state index contributed by atoms with van der Waals surface area (Å²) >= 11 is 0. The first-order chi connectivity index (χ1) is 10.7. The highest BCUT2D eigenvalue weighted by molar-refractivity contribution is 7.92. The molecule has 0 saturated carbocycles. The topological polar surface area (TPSA) is 61.8 Å². The molecule has 1 aliphatic heterocycles. The van der Waals surface area contributed by atoms with Gasteiger partial charge in [-0.1, -0.05) is 12.1 Å². The molecule has 1 aromatic carbocycles. The molecule has 0 bridgehead atoms. The van der Waals surface area contributed by atoms with Crippen molar-refractivity contribution in [2.45, 2.75) is 32.1 Å². The van der Waals surface area contributed by atoms with Gasteiger partial charge in [0.25, 0.3) is 0 Å². The van der Waals surface area contributed by atoms with Crippen LogP contribution >= 0.6 is 0 Å². The second kappa shape index (κ2) is 6.86. The molecule has 0 aromatic heterocycles. The number of nitrogens with zero attached hydrogens (tertiary/aromatic N) is 2. The number of guanidine groups is 1. The molecule has 0 amide bonds. The fraction of sp³-hybridized carbons (Fsp3) is 0.562. The molecule has 0 atom stereocenters. The van der Waals surface area contributed by atoms with Crippen LogP contribution in [0.15, 0.2) is 29.3 Å². The Kier molecular flexibility index (Phi) is 5.29. The molecule has 0 spiro atoms.